The van der Waals surface area contributed by atoms with Crippen LogP contribution in [0.1, 0.15) is 27.2 Å². The topological polar surface area (TPSA) is 18.5 Å². The van der Waals surface area contributed by atoms with Crippen LogP contribution >= 0.6 is 0 Å². The second-order valence-electron chi connectivity index (χ2n) is 4.61. The van der Waals surface area contributed by atoms with E-state index >= 15 is 0 Å². The number of methoxy groups -OCH3 is 1. The Morgan fingerprint density at radius 3 is 2.42 bits per heavy atom. The Morgan fingerprint density at radius 2 is 2.00 bits per heavy atom. The summed E-state index contributed by atoms with van der Waals surface area (Å²) in [6.07, 6.45) is 1.43. The van der Waals surface area contributed by atoms with Gasteiger partial charge in [-0.15, -0.1) is 0 Å². The maximum absolute atomic E-state index is 5.46. The van der Waals surface area contributed by atoms with E-state index in [1.165, 1.54) is 0 Å². The Labute approximate surface area is 75.2 Å². The van der Waals surface area contributed by atoms with Crippen LogP contribution in [0.4, 0.5) is 0 Å². The van der Waals surface area contributed by atoms with Gasteiger partial charge < -0.3 is 9.47 Å². The lowest BCUT2D eigenvalue weighted by Crippen LogP contribution is -2.41. The summed E-state index contributed by atoms with van der Waals surface area (Å²) in [5.74, 6) is 0.538. The Bertz CT molecular complexity index is 137. The molecule has 1 heterocycles. The third-order valence-electron chi connectivity index (χ3n) is 2.71. The van der Waals surface area contributed by atoms with Crippen molar-refractivity contribution < 1.29 is 9.47 Å². The van der Waals surface area contributed by atoms with E-state index < -0.39 is 0 Å². The molecule has 2 unspecified atom stereocenters. The van der Waals surface area contributed by atoms with Gasteiger partial charge in [-0.25, -0.2) is 0 Å². The fourth-order valence-electron chi connectivity index (χ4n) is 1.81. The molecule has 0 aromatic rings. The third kappa shape index (κ3) is 2.20. The fourth-order valence-corrected chi connectivity index (χ4v) is 1.81. The Kier molecular flexibility index (Phi) is 3.13. The number of hydrogen-bond donors (Lipinski definition) is 0. The van der Waals surface area contributed by atoms with Crippen LogP contribution in [0.5, 0.6) is 0 Å². The van der Waals surface area contributed by atoms with Gasteiger partial charge in [0, 0.05) is 19.6 Å². The van der Waals surface area contributed by atoms with E-state index in [1.807, 2.05) is 0 Å². The van der Waals surface area contributed by atoms with Gasteiger partial charge in [-0.1, -0.05) is 20.8 Å². The molecule has 12 heavy (non-hydrogen) atoms. The van der Waals surface area contributed by atoms with Crippen LogP contribution in [0.25, 0.3) is 0 Å². The molecule has 0 aromatic carbocycles. The molecule has 0 radical (unpaired) electrons. The smallest absolute Gasteiger partial charge is 0.0648 e. The second kappa shape index (κ2) is 3.75. The van der Waals surface area contributed by atoms with Crippen LogP contribution in [0.2, 0.25) is 0 Å². The van der Waals surface area contributed by atoms with Crippen molar-refractivity contribution in [2.24, 2.45) is 11.3 Å². The number of ether oxygens (including phenoxy) is 2. The van der Waals surface area contributed by atoms with Crippen LogP contribution in [-0.4, -0.2) is 26.4 Å². The summed E-state index contributed by atoms with van der Waals surface area (Å²) in [5, 5.41) is 0. The lowest BCUT2D eigenvalue weighted by Gasteiger charge is -2.39. The van der Waals surface area contributed by atoms with Crippen molar-refractivity contribution in [3.8, 4) is 0 Å². The monoisotopic (exact) mass is 172 g/mol. The first kappa shape index (κ1) is 10.0. The summed E-state index contributed by atoms with van der Waals surface area (Å²) >= 11 is 0. The maximum atomic E-state index is 5.46. The van der Waals surface area contributed by atoms with Crippen LogP contribution in [0.3, 0.4) is 0 Å². The highest BCUT2D eigenvalue weighted by Gasteiger charge is 2.34. The van der Waals surface area contributed by atoms with E-state index in [9.17, 15) is 0 Å². The predicted octanol–water partition coefficient (Wildman–Crippen LogP) is 2.08. The van der Waals surface area contributed by atoms with Gasteiger partial charge in [-0.3, -0.25) is 0 Å². The first-order chi connectivity index (χ1) is 5.55. The normalized spacial score (nSPS) is 32.0. The van der Waals surface area contributed by atoms with Crippen molar-refractivity contribution in [2.75, 3.05) is 20.3 Å². The van der Waals surface area contributed by atoms with Crippen molar-refractivity contribution in [3.63, 3.8) is 0 Å². The molecule has 2 atom stereocenters. The molecule has 2 nitrogen and oxygen atoms in total. The van der Waals surface area contributed by atoms with Crippen LogP contribution in [0, 0.1) is 11.3 Å². The van der Waals surface area contributed by atoms with Crippen molar-refractivity contribution >= 4 is 0 Å². The predicted molar refractivity (Wildman–Crippen MR) is 49.2 cm³/mol. The average Bonchev–Trinajstić information content (AvgIpc) is 2.03. The van der Waals surface area contributed by atoms with Crippen molar-refractivity contribution in [1.82, 2.24) is 0 Å². The summed E-state index contributed by atoms with van der Waals surface area (Å²) < 4.78 is 10.9. The minimum Gasteiger partial charge on any atom is -0.381 e. The van der Waals surface area contributed by atoms with Gasteiger partial charge in [0.25, 0.3) is 0 Å². The second-order valence-corrected chi connectivity index (χ2v) is 4.61. The third-order valence-corrected chi connectivity index (χ3v) is 2.71. The van der Waals surface area contributed by atoms with E-state index in [4.69, 9.17) is 9.47 Å². The highest BCUT2D eigenvalue weighted by atomic mass is 16.5. The summed E-state index contributed by atoms with van der Waals surface area (Å²) in [4.78, 5) is 0. The molecule has 0 aromatic heterocycles. The average molecular weight is 172 g/mol. The molecule has 72 valence electrons. The number of rotatable bonds is 1. The fraction of sp³-hybridized carbons (Fsp3) is 1.00. The molecule has 1 aliphatic rings. The molecule has 0 bridgehead atoms. The van der Waals surface area contributed by atoms with Gasteiger partial charge in [0.2, 0.25) is 0 Å². The zero-order valence-corrected chi connectivity index (χ0v) is 8.59. The zero-order valence-electron chi connectivity index (χ0n) is 8.59. The number of hydrogen-bond acceptors (Lipinski definition) is 2. The molecule has 0 N–H and O–H groups in total. The molecule has 2 heteroatoms. The summed E-state index contributed by atoms with van der Waals surface area (Å²) in [7, 11) is 1.80. The maximum Gasteiger partial charge on any atom is 0.0648 e. The van der Waals surface area contributed by atoms with Crippen LogP contribution in [-0.2, 0) is 9.47 Å². The van der Waals surface area contributed by atoms with Gasteiger partial charge >= 0.3 is 0 Å². The van der Waals surface area contributed by atoms with E-state index in [0.717, 1.165) is 19.6 Å². The van der Waals surface area contributed by atoms with E-state index in [2.05, 4.69) is 20.8 Å². The minimum absolute atomic E-state index is 0.293. The zero-order chi connectivity index (χ0) is 9.19. The lowest BCUT2D eigenvalue weighted by atomic mass is 9.76. The van der Waals surface area contributed by atoms with E-state index in [0.29, 0.717) is 17.4 Å². The first-order valence-corrected chi connectivity index (χ1v) is 4.66. The lowest BCUT2D eigenvalue weighted by molar-refractivity contribution is -0.0918. The van der Waals surface area contributed by atoms with Crippen molar-refractivity contribution in [2.45, 2.75) is 33.3 Å². The molecular weight excluding hydrogens is 152 g/mol. The van der Waals surface area contributed by atoms with Gasteiger partial charge in [-0.05, 0) is 11.8 Å². The van der Waals surface area contributed by atoms with E-state index in [-0.39, 0.29) is 0 Å². The van der Waals surface area contributed by atoms with Crippen molar-refractivity contribution in [1.29, 1.82) is 0 Å². The SMILES string of the molecule is COC1CCOCC1C(C)(C)C. The quantitative estimate of drug-likeness (QED) is 0.603. The summed E-state index contributed by atoms with van der Waals surface area (Å²) in [6.45, 7) is 8.45. The highest BCUT2D eigenvalue weighted by molar-refractivity contribution is 4.83. The van der Waals surface area contributed by atoms with E-state index in [1.54, 1.807) is 7.11 Å². The highest BCUT2D eigenvalue weighted by Crippen LogP contribution is 2.33. The Morgan fingerprint density at radius 1 is 1.33 bits per heavy atom. The Hall–Kier alpha value is -0.0800. The standard InChI is InChI=1S/C10H20O2/c1-10(2,3)8-7-12-6-5-9(8)11-4/h8-9H,5-7H2,1-4H3. The molecule has 1 fully saturated rings. The van der Waals surface area contributed by atoms with Crippen LogP contribution in [0.15, 0.2) is 0 Å². The van der Waals surface area contributed by atoms with Gasteiger partial charge in [0.1, 0.15) is 0 Å². The molecule has 1 saturated heterocycles. The molecule has 1 aliphatic heterocycles. The van der Waals surface area contributed by atoms with Gasteiger partial charge in [-0.2, -0.15) is 0 Å². The molecule has 0 aliphatic carbocycles. The molecule has 0 spiro atoms. The molecule has 0 saturated carbocycles. The molecule has 0 amide bonds. The molecule has 1 rings (SSSR count). The van der Waals surface area contributed by atoms with Gasteiger partial charge in [0.05, 0.1) is 12.7 Å². The molecular formula is C10H20O2. The van der Waals surface area contributed by atoms with Crippen LogP contribution < -0.4 is 0 Å². The first-order valence-electron chi connectivity index (χ1n) is 4.66. The largest absolute Gasteiger partial charge is 0.381 e. The van der Waals surface area contributed by atoms with Crippen molar-refractivity contribution in [3.05, 3.63) is 0 Å². The van der Waals surface area contributed by atoms with Gasteiger partial charge in [0.15, 0.2) is 0 Å². The summed E-state index contributed by atoms with van der Waals surface area (Å²) in [6, 6.07) is 0. The Balaban J connectivity index is 2.59. The minimum atomic E-state index is 0.293. The summed E-state index contributed by atoms with van der Waals surface area (Å²) in [5.41, 5.74) is 0.293.